The summed E-state index contributed by atoms with van der Waals surface area (Å²) in [6, 6.07) is 5.70. The standard InChI is InChI=1S/C11H11BrN4S2/c1-2-9-15-11(18-16-9)17-8-4-3-6(12)5-7(8)10(13)14/h3-5H,2H2,1H3,(H3,13,14). The molecule has 18 heavy (non-hydrogen) atoms. The van der Waals surface area contributed by atoms with E-state index in [1.165, 1.54) is 23.3 Å². The van der Waals surface area contributed by atoms with Crippen molar-refractivity contribution in [1.29, 1.82) is 5.41 Å². The van der Waals surface area contributed by atoms with Crippen LogP contribution in [0.15, 0.2) is 31.9 Å². The summed E-state index contributed by atoms with van der Waals surface area (Å²) in [5.74, 6) is 0.906. The average molecular weight is 343 g/mol. The zero-order valence-electron chi connectivity index (χ0n) is 9.61. The Balaban J connectivity index is 2.30. The fourth-order valence-corrected chi connectivity index (χ4v) is 3.46. The molecular weight excluding hydrogens is 332 g/mol. The molecule has 94 valence electrons. The maximum Gasteiger partial charge on any atom is 0.174 e. The van der Waals surface area contributed by atoms with Gasteiger partial charge in [-0.3, -0.25) is 5.41 Å². The van der Waals surface area contributed by atoms with Crippen molar-refractivity contribution in [3.8, 4) is 0 Å². The zero-order valence-corrected chi connectivity index (χ0v) is 12.8. The van der Waals surface area contributed by atoms with Crippen LogP contribution in [0.4, 0.5) is 0 Å². The van der Waals surface area contributed by atoms with Gasteiger partial charge in [0, 0.05) is 21.4 Å². The predicted octanol–water partition coefficient (Wildman–Crippen LogP) is 3.30. The van der Waals surface area contributed by atoms with Gasteiger partial charge in [0.05, 0.1) is 0 Å². The smallest absolute Gasteiger partial charge is 0.174 e. The van der Waals surface area contributed by atoms with Gasteiger partial charge in [0.25, 0.3) is 0 Å². The van der Waals surface area contributed by atoms with E-state index in [0.29, 0.717) is 5.56 Å². The molecule has 0 aliphatic heterocycles. The first kappa shape index (κ1) is 13.5. The lowest BCUT2D eigenvalue weighted by Crippen LogP contribution is -2.12. The Morgan fingerprint density at radius 3 is 2.94 bits per heavy atom. The molecule has 4 nitrogen and oxygen atoms in total. The van der Waals surface area contributed by atoms with Crippen LogP contribution < -0.4 is 5.73 Å². The van der Waals surface area contributed by atoms with Gasteiger partial charge in [0.1, 0.15) is 11.7 Å². The number of nitrogen functional groups attached to an aromatic ring is 1. The molecule has 0 unspecified atom stereocenters. The lowest BCUT2D eigenvalue weighted by atomic mass is 10.2. The molecule has 0 saturated heterocycles. The average Bonchev–Trinajstić information content (AvgIpc) is 2.79. The summed E-state index contributed by atoms with van der Waals surface area (Å²) < 4.78 is 6.02. The number of nitrogens with two attached hydrogens (primary N) is 1. The highest BCUT2D eigenvalue weighted by Gasteiger charge is 2.11. The number of hydrogen-bond donors (Lipinski definition) is 2. The molecule has 0 aliphatic carbocycles. The molecule has 3 N–H and O–H groups in total. The van der Waals surface area contributed by atoms with Crippen LogP contribution >= 0.6 is 39.2 Å². The van der Waals surface area contributed by atoms with Crippen molar-refractivity contribution in [2.45, 2.75) is 22.6 Å². The number of aryl methyl sites for hydroxylation is 1. The molecule has 0 bridgehead atoms. The Kier molecular flexibility index (Phi) is 4.36. The van der Waals surface area contributed by atoms with E-state index in [1.807, 2.05) is 25.1 Å². The summed E-state index contributed by atoms with van der Waals surface area (Å²) in [5, 5.41) is 7.59. The van der Waals surface area contributed by atoms with Crippen molar-refractivity contribution in [2.75, 3.05) is 0 Å². The van der Waals surface area contributed by atoms with Crippen LogP contribution in [-0.2, 0) is 6.42 Å². The molecule has 1 aromatic carbocycles. The predicted molar refractivity (Wildman–Crippen MR) is 78.6 cm³/mol. The van der Waals surface area contributed by atoms with Crippen LogP contribution in [0.1, 0.15) is 18.3 Å². The molecule has 0 atom stereocenters. The second kappa shape index (κ2) is 5.81. The Hall–Kier alpha value is -0.920. The molecule has 7 heteroatoms. The van der Waals surface area contributed by atoms with E-state index < -0.39 is 0 Å². The highest BCUT2D eigenvalue weighted by molar-refractivity contribution is 9.10. The van der Waals surface area contributed by atoms with E-state index in [-0.39, 0.29) is 5.84 Å². The minimum Gasteiger partial charge on any atom is -0.384 e. The third-order valence-electron chi connectivity index (χ3n) is 2.19. The first-order chi connectivity index (χ1) is 8.60. The van der Waals surface area contributed by atoms with E-state index in [4.69, 9.17) is 11.1 Å². The molecule has 0 amide bonds. The van der Waals surface area contributed by atoms with Gasteiger partial charge >= 0.3 is 0 Å². The summed E-state index contributed by atoms with van der Waals surface area (Å²) in [5.41, 5.74) is 6.30. The van der Waals surface area contributed by atoms with Gasteiger partial charge in [-0.1, -0.05) is 34.6 Å². The third kappa shape index (κ3) is 3.09. The van der Waals surface area contributed by atoms with Crippen LogP contribution in [0.3, 0.4) is 0 Å². The number of amidine groups is 1. The Labute approximate surface area is 122 Å². The van der Waals surface area contributed by atoms with Crippen LogP contribution in [0.5, 0.6) is 0 Å². The minimum absolute atomic E-state index is 0.0547. The highest BCUT2D eigenvalue weighted by Crippen LogP contribution is 2.32. The maximum atomic E-state index is 7.59. The molecule has 0 spiro atoms. The van der Waals surface area contributed by atoms with Gasteiger partial charge in [-0.15, -0.1) is 0 Å². The maximum absolute atomic E-state index is 7.59. The number of rotatable bonds is 4. The summed E-state index contributed by atoms with van der Waals surface area (Å²) in [6.45, 7) is 2.02. The molecule has 2 aromatic rings. The summed E-state index contributed by atoms with van der Waals surface area (Å²) in [7, 11) is 0. The Morgan fingerprint density at radius 1 is 1.56 bits per heavy atom. The van der Waals surface area contributed by atoms with E-state index in [2.05, 4.69) is 25.3 Å². The normalized spacial score (nSPS) is 10.6. The second-order valence-corrected chi connectivity index (χ2v) is 6.44. The van der Waals surface area contributed by atoms with Gasteiger partial charge in [-0.05, 0) is 29.7 Å². The fourth-order valence-electron chi connectivity index (χ4n) is 1.32. The zero-order chi connectivity index (χ0) is 13.1. The van der Waals surface area contributed by atoms with E-state index in [9.17, 15) is 0 Å². The number of benzene rings is 1. The number of halogens is 1. The minimum atomic E-state index is 0.0547. The lowest BCUT2D eigenvalue weighted by molar-refractivity contribution is 0.971. The molecule has 1 heterocycles. The van der Waals surface area contributed by atoms with Gasteiger partial charge in [0.2, 0.25) is 0 Å². The SMILES string of the molecule is CCc1nsc(Sc2ccc(Br)cc2C(=N)N)n1. The van der Waals surface area contributed by atoms with Crippen molar-refractivity contribution >= 4 is 45.1 Å². The number of nitrogens with one attached hydrogen (secondary N) is 1. The Bertz CT molecular complexity index is 582. The third-order valence-corrected chi connectivity index (χ3v) is 4.55. The van der Waals surface area contributed by atoms with Crippen molar-refractivity contribution in [1.82, 2.24) is 9.36 Å². The number of nitrogens with zero attached hydrogens (tertiary/aromatic N) is 2. The first-order valence-corrected chi connectivity index (χ1v) is 7.63. The monoisotopic (exact) mass is 342 g/mol. The summed E-state index contributed by atoms with van der Waals surface area (Å²) in [6.07, 6.45) is 0.830. The fraction of sp³-hybridized carbons (Fsp3) is 0.182. The number of aromatic nitrogens is 2. The van der Waals surface area contributed by atoms with Gasteiger partial charge in [0.15, 0.2) is 4.34 Å². The molecule has 1 aromatic heterocycles. The molecule has 0 aliphatic rings. The first-order valence-electron chi connectivity index (χ1n) is 5.24. The number of hydrogen-bond acceptors (Lipinski definition) is 5. The van der Waals surface area contributed by atoms with Crippen LogP contribution in [-0.4, -0.2) is 15.2 Å². The van der Waals surface area contributed by atoms with Crippen LogP contribution in [0.25, 0.3) is 0 Å². The van der Waals surface area contributed by atoms with Crippen molar-refractivity contribution in [3.63, 3.8) is 0 Å². The molecule has 0 saturated carbocycles. The van der Waals surface area contributed by atoms with Crippen LogP contribution in [0, 0.1) is 5.41 Å². The molecular formula is C11H11BrN4S2. The topological polar surface area (TPSA) is 75.7 Å². The van der Waals surface area contributed by atoms with E-state index >= 15 is 0 Å². The molecule has 0 radical (unpaired) electrons. The highest BCUT2D eigenvalue weighted by atomic mass is 79.9. The largest absolute Gasteiger partial charge is 0.384 e. The van der Waals surface area contributed by atoms with Crippen molar-refractivity contribution in [3.05, 3.63) is 34.1 Å². The quantitative estimate of drug-likeness (QED) is 0.660. The lowest BCUT2D eigenvalue weighted by Gasteiger charge is -2.06. The van der Waals surface area contributed by atoms with Crippen molar-refractivity contribution < 1.29 is 0 Å². The van der Waals surface area contributed by atoms with E-state index in [1.54, 1.807) is 0 Å². The van der Waals surface area contributed by atoms with Crippen LogP contribution in [0.2, 0.25) is 0 Å². The van der Waals surface area contributed by atoms with Gasteiger partial charge < -0.3 is 5.73 Å². The van der Waals surface area contributed by atoms with Gasteiger partial charge in [-0.2, -0.15) is 4.37 Å². The van der Waals surface area contributed by atoms with E-state index in [0.717, 1.165) is 26.0 Å². The second-order valence-electron chi connectivity index (χ2n) is 3.49. The Morgan fingerprint density at radius 2 is 2.33 bits per heavy atom. The van der Waals surface area contributed by atoms with Crippen molar-refractivity contribution in [2.24, 2.45) is 5.73 Å². The molecule has 2 rings (SSSR count). The molecule has 0 fully saturated rings. The summed E-state index contributed by atoms with van der Waals surface area (Å²) >= 11 is 6.24. The summed E-state index contributed by atoms with van der Waals surface area (Å²) in [4.78, 5) is 5.32. The van der Waals surface area contributed by atoms with Gasteiger partial charge in [-0.25, -0.2) is 4.98 Å².